The Morgan fingerprint density at radius 3 is 2.48 bits per heavy atom. The molecule has 2 aromatic carbocycles. The van der Waals surface area contributed by atoms with E-state index in [4.69, 9.17) is 4.74 Å². The molecule has 27 heavy (non-hydrogen) atoms. The maximum atomic E-state index is 13.2. The van der Waals surface area contributed by atoms with Crippen LogP contribution in [-0.2, 0) is 16.1 Å². The number of hydrogen-bond acceptors (Lipinski definition) is 4. The molecule has 5 nitrogen and oxygen atoms in total. The Hall–Kier alpha value is -3.03. The molecule has 144 valence electrons. The maximum absolute atomic E-state index is 13.2. The van der Waals surface area contributed by atoms with Gasteiger partial charge in [-0.1, -0.05) is 24.3 Å². The van der Waals surface area contributed by atoms with Crippen molar-refractivity contribution in [3.63, 3.8) is 0 Å². The van der Waals surface area contributed by atoms with E-state index in [2.05, 4.69) is 4.74 Å². The molecule has 1 unspecified atom stereocenters. The average Bonchev–Trinajstić information content (AvgIpc) is 2.60. The largest absolute Gasteiger partial charge is 0.449 e. The number of ether oxygens (including phenoxy) is 2. The second-order valence-corrected chi connectivity index (χ2v) is 5.75. The van der Waals surface area contributed by atoms with Crippen molar-refractivity contribution in [1.29, 1.82) is 0 Å². The van der Waals surface area contributed by atoms with E-state index >= 15 is 0 Å². The summed E-state index contributed by atoms with van der Waals surface area (Å²) in [5.74, 6) is -2.26. The molecule has 0 fully saturated rings. The predicted octanol–water partition coefficient (Wildman–Crippen LogP) is 3.63. The Kier molecular flexibility index (Phi) is 6.81. The Morgan fingerprint density at radius 2 is 1.81 bits per heavy atom. The van der Waals surface area contributed by atoms with Crippen LogP contribution in [0.25, 0.3) is 0 Å². The fourth-order valence-corrected chi connectivity index (χ4v) is 2.41. The Labute approximate surface area is 154 Å². The molecule has 2 aromatic rings. The Morgan fingerprint density at radius 1 is 1.11 bits per heavy atom. The first-order valence-corrected chi connectivity index (χ1v) is 8.02. The number of carbonyl (C=O) groups is 2. The lowest BCUT2D eigenvalue weighted by molar-refractivity contribution is -0.139. The van der Waals surface area contributed by atoms with Crippen molar-refractivity contribution in [2.75, 3.05) is 7.05 Å². The molecular weight excluding hydrogens is 363 g/mol. The van der Waals surface area contributed by atoms with Crippen molar-refractivity contribution in [2.45, 2.75) is 26.2 Å². The number of rotatable bonds is 7. The monoisotopic (exact) mass is 381 g/mol. The number of likely N-dealkylation sites (N-methyl/N-ethyl adjacent to an activating group) is 1. The fraction of sp³-hybridized carbons (Fsp3) is 0.263. The molecule has 2 rings (SSSR count). The number of para-hydroxylation sites is 1. The van der Waals surface area contributed by atoms with Crippen LogP contribution in [0.2, 0.25) is 0 Å². The highest BCUT2D eigenvalue weighted by molar-refractivity contribution is 5.94. The van der Waals surface area contributed by atoms with Crippen molar-refractivity contribution < 1.29 is 32.2 Å². The standard InChI is InChI=1S/C19H18F3NO4/c1-12(17(24)23(2)11-13-6-5-7-14(20)10-13)26-18(25)15-8-3-4-9-16(15)27-19(21)22/h3-10,12,19H,11H2,1-2H3. The molecule has 0 aliphatic rings. The first-order valence-electron chi connectivity index (χ1n) is 8.02. The number of alkyl halides is 2. The molecule has 0 N–H and O–H groups in total. The molecule has 0 spiro atoms. The lowest BCUT2D eigenvalue weighted by Crippen LogP contribution is -2.37. The van der Waals surface area contributed by atoms with E-state index in [9.17, 15) is 22.8 Å². The number of benzene rings is 2. The minimum atomic E-state index is -3.10. The Bertz CT molecular complexity index is 813. The second-order valence-electron chi connectivity index (χ2n) is 5.75. The van der Waals surface area contributed by atoms with Crippen molar-refractivity contribution >= 4 is 11.9 Å². The van der Waals surface area contributed by atoms with E-state index in [-0.39, 0.29) is 17.9 Å². The third-order valence-electron chi connectivity index (χ3n) is 3.64. The van der Waals surface area contributed by atoms with Gasteiger partial charge in [-0.2, -0.15) is 8.78 Å². The molecule has 0 aliphatic heterocycles. The summed E-state index contributed by atoms with van der Waals surface area (Å²) in [4.78, 5) is 25.9. The molecule has 1 amide bonds. The number of esters is 1. The zero-order valence-electron chi connectivity index (χ0n) is 14.7. The van der Waals surface area contributed by atoms with Crippen LogP contribution in [0, 0.1) is 5.82 Å². The molecular formula is C19H18F3NO4. The summed E-state index contributed by atoms with van der Waals surface area (Å²) in [7, 11) is 1.48. The van der Waals surface area contributed by atoms with Gasteiger partial charge in [0.05, 0.1) is 0 Å². The summed E-state index contributed by atoms with van der Waals surface area (Å²) >= 11 is 0. The predicted molar refractivity (Wildman–Crippen MR) is 90.8 cm³/mol. The van der Waals surface area contributed by atoms with Gasteiger partial charge in [0.25, 0.3) is 5.91 Å². The summed E-state index contributed by atoms with van der Waals surface area (Å²) in [6, 6.07) is 11.1. The van der Waals surface area contributed by atoms with E-state index in [0.29, 0.717) is 5.56 Å². The lowest BCUT2D eigenvalue weighted by Gasteiger charge is -2.22. The molecule has 1 atom stereocenters. The third-order valence-corrected chi connectivity index (χ3v) is 3.64. The normalized spacial score (nSPS) is 11.8. The molecule has 0 saturated carbocycles. The van der Waals surface area contributed by atoms with Gasteiger partial charge in [-0.15, -0.1) is 0 Å². The van der Waals surface area contributed by atoms with Crippen LogP contribution in [0.3, 0.4) is 0 Å². The van der Waals surface area contributed by atoms with Crippen LogP contribution in [0.5, 0.6) is 5.75 Å². The van der Waals surface area contributed by atoms with E-state index in [1.54, 1.807) is 6.07 Å². The number of carbonyl (C=O) groups excluding carboxylic acids is 2. The summed E-state index contributed by atoms with van der Waals surface area (Å²) in [5.41, 5.74) is 0.352. The van der Waals surface area contributed by atoms with Gasteiger partial charge in [0.1, 0.15) is 17.1 Å². The number of nitrogens with zero attached hydrogens (tertiary/aromatic N) is 1. The highest BCUT2D eigenvalue weighted by Crippen LogP contribution is 2.22. The maximum Gasteiger partial charge on any atom is 0.387 e. The van der Waals surface area contributed by atoms with E-state index < -0.39 is 30.4 Å². The van der Waals surface area contributed by atoms with Crippen molar-refractivity contribution in [1.82, 2.24) is 4.90 Å². The van der Waals surface area contributed by atoms with Gasteiger partial charge < -0.3 is 14.4 Å². The fourth-order valence-electron chi connectivity index (χ4n) is 2.41. The van der Waals surface area contributed by atoms with E-state index in [0.717, 1.165) is 0 Å². The van der Waals surface area contributed by atoms with Crippen molar-refractivity contribution in [2.24, 2.45) is 0 Å². The Balaban J connectivity index is 2.02. The van der Waals surface area contributed by atoms with Crippen LogP contribution in [0.15, 0.2) is 48.5 Å². The van der Waals surface area contributed by atoms with Gasteiger partial charge >= 0.3 is 12.6 Å². The number of hydrogen-bond donors (Lipinski definition) is 0. The van der Waals surface area contributed by atoms with Crippen LogP contribution in [0.4, 0.5) is 13.2 Å². The van der Waals surface area contributed by atoms with Gasteiger partial charge in [-0.05, 0) is 36.8 Å². The summed E-state index contributed by atoms with van der Waals surface area (Å²) in [6.07, 6.45) is -1.17. The number of amides is 1. The van der Waals surface area contributed by atoms with Gasteiger partial charge in [0.2, 0.25) is 0 Å². The zero-order valence-corrected chi connectivity index (χ0v) is 14.7. The molecule has 0 heterocycles. The van der Waals surface area contributed by atoms with Crippen molar-refractivity contribution in [3.8, 4) is 5.75 Å². The second kappa shape index (κ2) is 9.07. The smallest absolute Gasteiger partial charge is 0.387 e. The van der Waals surface area contributed by atoms with Gasteiger partial charge in [0.15, 0.2) is 6.10 Å². The van der Waals surface area contributed by atoms with Gasteiger partial charge in [-0.25, -0.2) is 9.18 Å². The van der Waals surface area contributed by atoms with Crippen LogP contribution in [0.1, 0.15) is 22.8 Å². The molecule has 0 radical (unpaired) electrons. The SMILES string of the molecule is CC(OC(=O)c1ccccc1OC(F)F)C(=O)N(C)Cc1cccc(F)c1. The number of halogens is 3. The van der Waals surface area contributed by atoms with Crippen LogP contribution < -0.4 is 4.74 Å². The molecule has 0 aliphatic carbocycles. The topological polar surface area (TPSA) is 55.8 Å². The zero-order chi connectivity index (χ0) is 20.0. The molecule has 8 heteroatoms. The summed E-state index contributed by atoms with van der Waals surface area (Å²) in [6.45, 7) is -1.63. The third kappa shape index (κ3) is 5.73. The summed E-state index contributed by atoms with van der Waals surface area (Å²) in [5, 5.41) is 0. The first kappa shape index (κ1) is 20.3. The average molecular weight is 381 g/mol. The van der Waals surface area contributed by atoms with E-state index in [1.165, 1.54) is 61.3 Å². The van der Waals surface area contributed by atoms with Crippen molar-refractivity contribution in [3.05, 3.63) is 65.5 Å². The van der Waals surface area contributed by atoms with Gasteiger partial charge in [0, 0.05) is 13.6 Å². The van der Waals surface area contributed by atoms with Gasteiger partial charge in [-0.3, -0.25) is 4.79 Å². The van der Waals surface area contributed by atoms with Crippen LogP contribution >= 0.6 is 0 Å². The lowest BCUT2D eigenvalue weighted by atomic mass is 10.2. The molecule has 0 aromatic heterocycles. The minimum absolute atomic E-state index is 0.115. The highest BCUT2D eigenvalue weighted by Gasteiger charge is 2.24. The molecule has 0 saturated heterocycles. The van der Waals surface area contributed by atoms with E-state index in [1.807, 2.05) is 0 Å². The van der Waals surface area contributed by atoms with Crippen LogP contribution in [-0.4, -0.2) is 36.5 Å². The minimum Gasteiger partial charge on any atom is -0.449 e. The molecule has 0 bridgehead atoms. The quantitative estimate of drug-likeness (QED) is 0.688. The summed E-state index contributed by atoms with van der Waals surface area (Å²) < 4.78 is 47.5. The first-order chi connectivity index (χ1) is 12.8. The highest BCUT2D eigenvalue weighted by atomic mass is 19.3.